The average molecular weight is 322 g/mol. The smallest absolute Gasteiger partial charge is 0.107 e. The van der Waals surface area contributed by atoms with Gasteiger partial charge in [0.15, 0.2) is 0 Å². The fourth-order valence-electron chi connectivity index (χ4n) is 3.74. The minimum absolute atomic E-state index is 0.0404. The molecule has 0 N–H and O–H groups in total. The molecule has 5 heteroatoms. The second kappa shape index (κ2) is 6.19. The van der Waals surface area contributed by atoms with Gasteiger partial charge in [0.25, 0.3) is 0 Å². The summed E-state index contributed by atoms with van der Waals surface area (Å²) in [5.74, 6) is 0.840. The zero-order valence-corrected chi connectivity index (χ0v) is 14.2. The number of piperidine rings is 1. The van der Waals surface area contributed by atoms with Crippen molar-refractivity contribution in [2.75, 3.05) is 26.3 Å². The predicted molar refractivity (Wildman–Crippen MR) is 87.1 cm³/mol. The first kappa shape index (κ1) is 15.1. The summed E-state index contributed by atoms with van der Waals surface area (Å²) in [5, 5.41) is 3.37. The molecule has 2 aliphatic heterocycles. The second-order valence-corrected chi connectivity index (χ2v) is 8.24. The fourth-order valence-corrected chi connectivity index (χ4v) is 4.56. The number of hydrogen-bond donors (Lipinski definition) is 0. The van der Waals surface area contributed by atoms with Crippen LogP contribution < -0.4 is 0 Å². The summed E-state index contributed by atoms with van der Waals surface area (Å²) in [6.45, 7) is 6.98. The van der Waals surface area contributed by atoms with E-state index in [1.807, 2.05) is 0 Å². The lowest BCUT2D eigenvalue weighted by atomic mass is 9.89. The van der Waals surface area contributed by atoms with Crippen LogP contribution in [0.2, 0.25) is 0 Å². The summed E-state index contributed by atoms with van der Waals surface area (Å²) in [7, 11) is 0. The number of thiazole rings is 1. The van der Waals surface area contributed by atoms with Gasteiger partial charge in [0, 0.05) is 30.6 Å². The monoisotopic (exact) mass is 322 g/mol. The molecule has 0 amide bonds. The zero-order valence-electron chi connectivity index (χ0n) is 13.4. The van der Waals surface area contributed by atoms with Crippen LogP contribution in [0.4, 0.5) is 0 Å². The second-order valence-electron chi connectivity index (χ2n) is 7.29. The van der Waals surface area contributed by atoms with Gasteiger partial charge in [-0.2, -0.15) is 0 Å². The van der Waals surface area contributed by atoms with Gasteiger partial charge in [-0.15, -0.1) is 11.3 Å². The first-order valence-corrected chi connectivity index (χ1v) is 9.48. The molecule has 4 nitrogen and oxygen atoms in total. The molecule has 1 aromatic rings. The Morgan fingerprint density at radius 2 is 2.41 bits per heavy atom. The van der Waals surface area contributed by atoms with Crippen LogP contribution in [0.25, 0.3) is 0 Å². The molecule has 3 fully saturated rings. The van der Waals surface area contributed by atoms with Gasteiger partial charge in [-0.1, -0.05) is 0 Å². The van der Waals surface area contributed by atoms with Crippen molar-refractivity contribution >= 4 is 11.3 Å². The van der Waals surface area contributed by atoms with E-state index in [1.165, 1.54) is 30.7 Å². The topological polar surface area (TPSA) is 34.6 Å². The summed E-state index contributed by atoms with van der Waals surface area (Å²) >= 11 is 1.77. The highest BCUT2D eigenvalue weighted by Crippen LogP contribution is 2.37. The minimum Gasteiger partial charge on any atom is -0.375 e. The van der Waals surface area contributed by atoms with Gasteiger partial charge in [0.1, 0.15) is 5.01 Å². The third kappa shape index (κ3) is 3.53. The Labute approximate surface area is 136 Å². The number of rotatable bonds is 5. The van der Waals surface area contributed by atoms with Crippen molar-refractivity contribution in [3.05, 3.63) is 16.1 Å². The molecule has 1 saturated carbocycles. The number of aromatic nitrogens is 1. The van der Waals surface area contributed by atoms with Crippen LogP contribution in [0.15, 0.2) is 5.38 Å². The van der Waals surface area contributed by atoms with Crippen molar-refractivity contribution in [1.82, 2.24) is 9.88 Å². The van der Waals surface area contributed by atoms with E-state index in [1.54, 1.807) is 11.3 Å². The first-order valence-electron chi connectivity index (χ1n) is 8.60. The van der Waals surface area contributed by atoms with Crippen LogP contribution in [0, 0.1) is 12.8 Å². The van der Waals surface area contributed by atoms with E-state index in [0.29, 0.717) is 6.10 Å². The Balaban J connectivity index is 1.32. The van der Waals surface area contributed by atoms with E-state index < -0.39 is 0 Å². The Morgan fingerprint density at radius 3 is 3.18 bits per heavy atom. The highest BCUT2D eigenvalue weighted by molar-refractivity contribution is 7.09. The van der Waals surface area contributed by atoms with Crippen molar-refractivity contribution in [1.29, 1.82) is 0 Å². The fraction of sp³-hybridized carbons (Fsp3) is 0.824. The van der Waals surface area contributed by atoms with Crippen LogP contribution in [0.1, 0.15) is 42.8 Å². The summed E-state index contributed by atoms with van der Waals surface area (Å²) < 4.78 is 12.3. The molecule has 1 aliphatic carbocycles. The number of ether oxygens (including phenoxy) is 2. The predicted octanol–water partition coefficient (Wildman–Crippen LogP) is 3.00. The molecular weight excluding hydrogens is 296 g/mol. The van der Waals surface area contributed by atoms with Crippen LogP contribution in [-0.4, -0.2) is 47.9 Å². The molecule has 2 atom stereocenters. The van der Waals surface area contributed by atoms with Gasteiger partial charge >= 0.3 is 0 Å². The first-order chi connectivity index (χ1) is 10.7. The van der Waals surface area contributed by atoms with Gasteiger partial charge in [-0.3, -0.25) is 4.90 Å². The van der Waals surface area contributed by atoms with Crippen LogP contribution in [0.5, 0.6) is 0 Å². The molecule has 3 heterocycles. The Kier molecular flexibility index (Phi) is 4.24. The van der Waals surface area contributed by atoms with Crippen molar-refractivity contribution in [3.8, 4) is 0 Å². The largest absolute Gasteiger partial charge is 0.375 e. The van der Waals surface area contributed by atoms with E-state index in [2.05, 4.69) is 22.2 Å². The number of likely N-dealkylation sites (tertiary alicyclic amines) is 1. The standard InChI is InChI=1S/C17H26N2O2S/c1-13-11-22-16(18-13)8-19-6-2-5-17(12-19)7-15(10-21-17)20-9-14-3-4-14/h11,14-15H,2-10,12H2,1H3/t15-,17-/m0/s1. The maximum Gasteiger partial charge on any atom is 0.107 e. The highest BCUT2D eigenvalue weighted by Gasteiger charge is 2.44. The SMILES string of the molecule is Cc1csc(CN2CCC[C@]3(C[C@H](OCC4CC4)CO3)C2)n1. The van der Waals surface area contributed by atoms with Crippen molar-refractivity contribution < 1.29 is 9.47 Å². The van der Waals surface area contributed by atoms with E-state index in [9.17, 15) is 0 Å². The normalized spacial score (nSPS) is 32.9. The molecule has 22 heavy (non-hydrogen) atoms. The highest BCUT2D eigenvalue weighted by atomic mass is 32.1. The molecule has 3 aliphatic rings. The quantitative estimate of drug-likeness (QED) is 0.835. The Morgan fingerprint density at radius 1 is 1.50 bits per heavy atom. The molecule has 122 valence electrons. The molecule has 4 rings (SSSR count). The summed E-state index contributed by atoms with van der Waals surface area (Å²) in [6.07, 6.45) is 6.53. The van der Waals surface area contributed by atoms with Crippen LogP contribution in [-0.2, 0) is 16.0 Å². The Bertz CT molecular complexity index is 517. The lowest BCUT2D eigenvalue weighted by Gasteiger charge is -2.39. The van der Waals surface area contributed by atoms with Gasteiger partial charge in [-0.25, -0.2) is 4.98 Å². The maximum atomic E-state index is 6.24. The van der Waals surface area contributed by atoms with Crippen molar-refractivity contribution in [2.24, 2.45) is 5.92 Å². The van der Waals surface area contributed by atoms with E-state index >= 15 is 0 Å². The number of aryl methyl sites for hydroxylation is 1. The Hall–Kier alpha value is -0.490. The number of nitrogens with zero attached hydrogens (tertiary/aromatic N) is 2. The third-order valence-corrected chi connectivity index (χ3v) is 6.04. The van der Waals surface area contributed by atoms with Crippen molar-refractivity contribution in [3.63, 3.8) is 0 Å². The lowest BCUT2D eigenvalue weighted by molar-refractivity contribution is -0.0547. The van der Waals surface area contributed by atoms with Crippen LogP contribution in [0.3, 0.4) is 0 Å². The van der Waals surface area contributed by atoms with Crippen molar-refractivity contribution in [2.45, 2.75) is 57.3 Å². The molecular formula is C17H26N2O2S. The molecule has 1 aromatic heterocycles. The van der Waals surface area contributed by atoms with Gasteiger partial charge in [0.2, 0.25) is 0 Å². The van der Waals surface area contributed by atoms with E-state index in [0.717, 1.165) is 50.9 Å². The molecule has 0 bridgehead atoms. The summed E-state index contributed by atoms with van der Waals surface area (Å²) in [4.78, 5) is 7.12. The lowest BCUT2D eigenvalue weighted by Crippen LogP contribution is -2.47. The molecule has 2 saturated heterocycles. The van der Waals surface area contributed by atoms with Gasteiger partial charge in [0.05, 0.1) is 24.9 Å². The number of hydrogen-bond acceptors (Lipinski definition) is 5. The van der Waals surface area contributed by atoms with E-state index in [4.69, 9.17) is 9.47 Å². The third-order valence-electron chi connectivity index (χ3n) is 5.08. The van der Waals surface area contributed by atoms with Gasteiger partial charge in [-0.05, 0) is 45.1 Å². The zero-order chi connectivity index (χ0) is 15.0. The average Bonchev–Trinajstić information content (AvgIpc) is 3.14. The maximum absolute atomic E-state index is 6.24. The summed E-state index contributed by atoms with van der Waals surface area (Å²) in [5.41, 5.74) is 1.18. The molecule has 0 unspecified atom stereocenters. The van der Waals surface area contributed by atoms with Crippen LogP contribution >= 0.6 is 11.3 Å². The van der Waals surface area contributed by atoms with E-state index in [-0.39, 0.29) is 5.60 Å². The molecule has 0 aromatic carbocycles. The molecule has 1 spiro atoms. The summed E-state index contributed by atoms with van der Waals surface area (Å²) in [6, 6.07) is 0. The molecule has 0 radical (unpaired) electrons. The van der Waals surface area contributed by atoms with Gasteiger partial charge < -0.3 is 9.47 Å². The minimum atomic E-state index is 0.0404.